The fourth-order valence-electron chi connectivity index (χ4n) is 4.17. The van der Waals surface area contributed by atoms with Crippen molar-refractivity contribution in [2.45, 2.75) is 88.2 Å². The predicted octanol–water partition coefficient (Wildman–Crippen LogP) is 5.69. The molecular formula is C24H41BrN2O3S. The molecule has 1 saturated carbocycles. The van der Waals surface area contributed by atoms with Gasteiger partial charge in [0.1, 0.15) is 0 Å². The van der Waals surface area contributed by atoms with Gasteiger partial charge in [-0.3, -0.25) is 0 Å². The van der Waals surface area contributed by atoms with Crippen molar-refractivity contribution < 1.29 is 13.2 Å². The van der Waals surface area contributed by atoms with Crippen LogP contribution < -0.4 is 0 Å². The largest absolute Gasteiger partial charge is 0.378 e. The standard InChI is InChI=1S/C24H41BrN2O3S/c1-4-5-18-26(2)19-8-6-7-9-20-30-23-14-12-22(13-15-23)27(3)31(28,29)24-16-10-21(25)11-17-24/h10-11,16-17,22-23H,4-9,12-15,18-20H2,1-3H3. The SMILES string of the molecule is CCCCN(C)CCCCCCOC1CCC(N(C)S(=O)(=O)c2ccc(Br)cc2)CC1. The minimum absolute atomic E-state index is 0.0539. The van der Waals surface area contributed by atoms with Crippen LogP contribution in [0.2, 0.25) is 0 Å². The third-order valence-corrected chi connectivity index (χ3v) is 8.78. The summed E-state index contributed by atoms with van der Waals surface area (Å²) in [6.07, 6.45) is 11.3. The number of nitrogens with zero attached hydrogens (tertiary/aromatic N) is 2. The molecule has 31 heavy (non-hydrogen) atoms. The lowest BCUT2D eigenvalue weighted by atomic mass is 9.93. The molecule has 0 N–H and O–H groups in total. The second-order valence-corrected chi connectivity index (χ2v) is 11.8. The van der Waals surface area contributed by atoms with Crippen LogP contribution in [0.15, 0.2) is 33.6 Å². The average Bonchev–Trinajstić information content (AvgIpc) is 2.77. The van der Waals surface area contributed by atoms with Gasteiger partial charge in [0.05, 0.1) is 11.0 Å². The van der Waals surface area contributed by atoms with E-state index in [1.165, 1.54) is 45.2 Å². The fourth-order valence-corrected chi connectivity index (χ4v) is 5.85. The number of ether oxygens (including phenoxy) is 1. The van der Waals surface area contributed by atoms with Gasteiger partial charge in [-0.1, -0.05) is 42.1 Å². The first-order valence-corrected chi connectivity index (χ1v) is 14.1. The zero-order valence-corrected chi connectivity index (χ0v) is 22.0. The summed E-state index contributed by atoms with van der Waals surface area (Å²) in [7, 11) is 0.484. The highest BCUT2D eigenvalue weighted by molar-refractivity contribution is 9.10. The van der Waals surface area contributed by atoms with E-state index in [1.54, 1.807) is 35.6 Å². The summed E-state index contributed by atoms with van der Waals surface area (Å²) in [5.41, 5.74) is 0. The van der Waals surface area contributed by atoms with Gasteiger partial charge in [-0.15, -0.1) is 0 Å². The molecule has 1 fully saturated rings. The van der Waals surface area contributed by atoms with Crippen LogP contribution in [0, 0.1) is 0 Å². The van der Waals surface area contributed by atoms with Gasteiger partial charge in [0.15, 0.2) is 0 Å². The van der Waals surface area contributed by atoms with Crippen LogP contribution in [0.4, 0.5) is 0 Å². The maximum absolute atomic E-state index is 12.9. The molecule has 0 saturated heterocycles. The van der Waals surface area contributed by atoms with E-state index in [0.29, 0.717) is 4.90 Å². The summed E-state index contributed by atoms with van der Waals surface area (Å²) in [6, 6.07) is 6.92. The molecule has 0 bridgehead atoms. The first-order valence-electron chi connectivity index (χ1n) is 11.9. The molecule has 7 heteroatoms. The zero-order valence-electron chi connectivity index (χ0n) is 19.6. The van der Waals surface area contributed by atoms with E-state index in [1.807, 2.05) is 0 Å². The Morgan fingerprint density at radius 2 is 1.55 bits per heavy atom. The number of rotatable bonds is 14. The van der Waals surface area contributed by atoms with E-state index >= 15 is 0 Å². The Balaban J connectivity index is 1.60. The summed E-state index contributed by atoms with van der Waals surface area (Å²) in [6.45, 7) is 5.47. The van der Waals surface area contributed by atoms with Gasteiger partial charge in [0, 0.05) is 24.2 Å². The zero-order chi connectivity index (χ0) is 22.7. The molecular weight excluding hydrogens is 476 g/mol. The second-order valence-electron chi connectivity index (χ2n) is 8.85. The first-order chi connectivity index (χ1) is 14.8. The van der Waals surface area contributed by atoms with Crippen molar-refractivity contribution in [2.24, 2.45) is 0 Å². The normalized spacial score (nSPS) is 19.9. The summed E-state index contributed by atoms with van der Waals surface area (Å²) < 4.78 is 34.3. The number of benzene rings is 1. The molecule has 5 nitrogen and oxygen atoms in total. The Morgan fingerprint density at radius 3 is 2.19 bits per heavy atom. The van der Waals surface area contributed by atoms with Crippen molar-refractivity contribution in [3.63, 3.8) is 0 Å². The molecule has 0 amide bonds. The van der Waals surface area contributed by atoms with Gasteiger partial charge in [-0.05, 0) is 89.3 Å². The summed E-state index contributed by atoms with van der Waals surface area (Å²) in [4.78, 5) is 2.79. The highest BCUT2D eigenvalue weighted by atomic mass is 79.9. The topological polar surface area (TPSA) is 49.9 Å². The quantitative estimate of drug-likeness (QED) is 0.298. The van der Waals surface area contributed by atoms with E-state index in [2.05, 4.69) is 34.8 Å². The Hall–Kier alpha value is -0.470. The molecule has 1 aliphatic rings. The van der Waals surface area contributed by atoms with Crippen molar-refractivity contribution in [1.82, 2.24) is 9.21 Å². The molecule has 0 heterocycles. The van der Waals surface area contributed by atoms with Crippen LogP contribution in [0.25, 0.3) is 0 Å². The van der Waals surface area contributed by atoms with E-state index in [0.717, 1.165) is 43.2 Å². The van der Waals surface area contributed by atoms with Crippen LogP contribution in [-0.2, 0) is 14.8 Å². The lowest BCUT2D eigenvalue weighted by Crippen LogP contribution is -2.40. The third-order valence-electron chi connectivity index (χ3n) is 6.33. The van der Waals surface area contributed by atoms with Crippen molar-refractivity contribution in [1.29, 1.82) is 0 Å². The van der Waals surface area contributed by atoms with Crippen molar-refractivity contribution in [3.05, 3.63) is 28.7 Å². The van der Waals surface area contributed by atoms with E-state index in [-0.39, 0.29) is 12.1 Å². The molecule has 2 rings (SSSR count). The molecule has 0 spiro atoms. The molecule has 0 radical (unpaired) electrons. The highest BCUT2D eigenvalue weighted by Gasteiger charge is 2.31. The summed E-state index contributed by atoms with van der Waals surface area (Å²) in [5.74, 6) is 0. The van der Waals surface area contributed by atoms with E-state index < -0.39 is 10.0 Å². The maximum atomic E-state index is 12.9. The Kier molecular flexibility index (Phi) is 12.0. The van der Waals surface area contributed by atoms with Crippen molar-refractivity contribution in [2.75, 3.05) is 33.8 Å². The molecule has 0 atom stereocenters. The van der Waals surface area contributed by atoms with Crippen LogP contribution in [0.3, 0.4) is 0 Å². The monoisotopic (exact) mass is 516 g/mol. The van der Waals surface area contributed by atoms with Crippen molar-refractivity contribution in [3.8, 4) is 0 Å². The van der Waals surface area contributed by atoms with Crippen LogP contribution in [0.5, 0.6) is 0 Å². The molecule has 0 unspecified atom stereocenters. The Bertz CT molecular complexity index is 719. The molecule has 1 aromatic rings. The molecule has 1 aromatic carbocycles. The Labute approximate surface area is 198 Å². The molecule has 0 aliphatic heterocycles. The molecule has 1 aliphatic carbocycles. The summed E-state index contributed by atoms with van der Waals surface area (Å²) >= 11 is 3.36. The minimum Gasteiger partial charge on any atom is -0.378 e. The summed E-state index contributed by atoms with van der Waals surface area (Å²) in [5, 5.41) is 0. The van der Waals surface area contributed by atoms with Gasteiger partial charge in [0.25, 0.3) is 0 Å². The second kappa shape index (κ2) is 13.9. The molecule has 0 aromatic heterocycles. The molecule has 178 valence electrons. The number of hydrogen-bond acceptors (Lipinski definition) is 4. The average molecular weight is 518 g/mol. The number of halogens is 1. The van der Waals surface area contributed by atoms with Gasteiger partial charge < -0.3 is 9.64 Å². The lowest BCUT2D eigenvalue weighted by Gasteiger charge is -2.34. The van der Waals surface area contributed by atoms with Crippen molar-refractivity contribution >= 4 is 26.0 Å². The smallest absolute Gasteiger partial charge is 0.243 e. The van der Waals surface area contributed by atoms with E-state index in [9.17, 15) is 8.42 Å². The Morgan fingerprint density at radius 1 is 0.935 bits per heavy atom. The van der Waals surface area contributed by atoms with Gasteiger partial charge in [-0.25, -0.2) is 8.42 Å². The lowest BCUT2D eigenvalue weighted by molar-refractivity contribution is 0.0156. The van der Waals surface area contributed by atoms with Gasteiger partial charge in [0.2, 0.25) is 10.0 Å². The van der Waals surface area contributed by atoms with Gasteiger partial charge in [-0.2, -0.15) is 4.31 Å². The van der Waals surface area contributed by atoms with Crippen LogP contribution >= 0.6 is 15.9 Å². The predicted molar refractivity (Wildman–Crippen MR) is 132 cm³/mol. The number of sulfonamides is 1. The maximum Gasteiger partial charge on any atom is 0.243 e. The van der Waals surface area contributed by atoms with Crippen LogP contribution in [-0.4, -0.2) is 63.6 Å². The first kappa shape index (κ1) is 26.8. The van der Waals surface area contributed by atoms with E-state index in [4.69, 9.17) is 4.74 Å². The van der Waals surface area contributed by atoms with Crippen LogP contribution in [0.1, 0.15) is 71.1 Å². The fraction of sp³-hybridized carbons (Fsp3) is 0.750. The number of hydrogen-bond donors (Lipinski definition) is 0. The highest BCUT2D eigenvalue weighted by Crippen LogP contribution is 2.28. The van der Waals surface area contributed by atoms with Gasteiger partial charge >= 0.3 is 0 Å². The minimum atomic E-state index is -3.45. The third kappa shape index (κ3) is 9.12. The number of unbranched alkanes of at least 4 members (excludes halogenated alkanes) is 4.